The van der Waals surface area contributed by atoms with E-state index in [1.165, 1.54) is 0 Å². The normalized spacial score (nSPS) is 21.1. The largest absolute Gasteiger partial charge is 0.481 e. The number of guanidine groups is 1. The zero-order valence-electron chi connectivity index (χ0n) is 10.9. The van der Waals surface area contributed by atoms with Crippen molar-refractivity contribution >= 4 is 23.8 Å². The van der Waals surface area contributed by atoms with Crippen molar-refractivity contribution in [1.29, 1.82) is 0 Å². The predicted octanol–water partition coefficient (Wildman–Crippen LogP) is -1.57. The van der Waals surface area contributed by atoms with E-state index in [0.717, 1.165) is 4.90 Å². The molecule has 6 N–H and O–H groups in total. The van der Waals surface area contributed by atoms with E-state index >= 15 is 0 Å². The van der Waals surface area contributed by atoms with Gasteiger partial charge in [0.05, 0.1) is 5.92 Å². The molecular weight excluding hydrogens is 268 g/mol. The van der Waals surface area contributed by atoms with Crippen LogP contribution < -0.4 is 11.5 Å². The lowest BCUT2D eigenvalue weighted by molar-refractivity contribution is -0.141. The van der Waals surface area contributed by atoms with Crippen molar-refractivity contribution in [2.24, 2.45) is 22.4 Å². The minimum absolute atomic E-state index is 0.0120. The van der Waals surface area contributed by atoms with Gasteiger partial charge in [-0.3, -0.25) is 24.3 Å². The van der Waals surface area contributed by atoms with E-state index in [1.54, 1.807) is 0 Å². The number of carboxylic acid groups (broad SMARTS) is 2. The molecule has 9 heteroatoms. The van der Waals surface area contributed by atoms with Gasteiger partial charge in [-0.05, 0) is 12.8 Å². The fourth-order valence-electron chi connectivity index (χ4n) is 1.81. The number of carbonyl (C=O) groups excluding carboxylic acids is 1. The summed E-state index contributed by atoms with van der Waals surface area (Å²) < 4.78 is 0. The quantitative estimate of drug-likeness (QED) is 0.260. The van der Waals surface area contributed by atoms with Gasteiger partial charge in [-0.1, -0.05) is 0 Å². The van der Waals surface area contributed by atoms with E-state index in [-0.39, 0.29) is 37.8 Å². The molecule has 1 saturated heterocycles. The average molecular weight is 286 g/mol. The molecule has 0 bridgehead atoms. The maximum absolute atomic E-state index is 11.6. The molecule has 1 rings (SSSR count). The summed E-state index contributed by atoms with van der Waals surface area (Å²) in [6.07, 6.45) is 0.575. The fourth-order valence-corrected chi connectivity index (χ4v) is 1.81. The number of aliphatic imine (C=N–C) groups is 1. The van der Waals surface area contributed by atoms with Crippen molar-refractivity contribution in [2.45, 2.75) is 25.3 Å². The molecule has 1 aliphatic rings. The molecule has 0 radical (unpaired) electrons. The van der Waals surface area contributed by atoms with Gasteiger partial charge in [0, 0.05) is 19.5 Å². The Labute approximate surface area is 115 Å². The van der Waals surface area contributed by atoms with Gasteiger partial charge in [-0.25, -0.2) is 0 Å². The summed E-state index contributed by atoms with van der Waals surface area (Å²) in [5.41, 5.74) is 10.9. The third-order valence-corrected chi connectivity index (χ3v) is 3.02. The molecule has 1 heterocycles. The first-order chi connectivity index (χ1) is 9.32. The second-order valence-electron chi connectivity index (χ2n) is 4.57. The van der Waals surface area contributed by atoms with E-state index in [9.17, 15) is 14.4 Å². The number of nitrogens with zero attached hydrogens (tertiary/aromatic N) is 2. The van der Waals surface area contributed by atoms with Gasteiger partial charge >= 0.3 is 11.9 Å². The Bertz CT molecular complexity index is 437. The van der Waals surface area contributed by atoms with Crippen LogP contribution in [-0.4, -0.2) is 58.0 Å². The van der Waals surface area contributed by atoms with Crippen molar-refractivity contribution < 1.29 is 24.6 Å². The Kier molecular flexibility index (Phi) is 5.44. The van der Waals surface area contributed by atoms with Crippen molar-refractivity contribution in [1.82, 2.24) is 4.90 Å². The Morgan fingerprint density at radius 2 is 2.10 bits per heavy atom. The maximum Gasteiger partial charge on any atom is 0.320 e. The summed E-state index contributed by atoms with van der Waals surface area (Å²) in [6.45, 7) is 0.243. The Morgan fingerprint density at radius 3 is 2.60 bits per heavy atom. The van der Waals surface area contributed by atoms with Gasteiger partial charge in [0.2, 0.25) is 5.91 Å². The highest BCUT2D eigenvalue weighted by Gasteiger charge is 2.35. The van der Waals surface area contributed by atoms with Crippen LogP contribution in [0.1, 0.15) is 19.3 Å². The van der Waals surface area contributed by atoms with Crippen LogP contribution in [0.2, 0.25) is 0 Å². The molecule has 2 unspecified atom stereocenters. The lowest BCUT2D eigenvalue weighted by atomic mass is 10.1. The third-order valence-electron chi connectivity index (χ3n) is 3.02. The van der Waals surface area contributed by atoms with Gasteiger partial charge < -0.3 is 21.7 Å². The fraction of sp³-hybridized carbons (Fsp3) is 0.636. The number of carbonyl (C=O) groups is 3. The number of hydrogen-bond donors (Lipinski definition) is 4. The van der Waals surface area contributed by atoms with Crippen LogP contribution in [0.15, 0.2) is 4.99 Å². The van der Waals surface area contributed by atoms with Crippen LogP contribution in [0.3, 0.4) is 0 Å². The zero-order valence-corrected chi connectivity index (χ0v) is 10.9. The number of aliphatic carboxylic acids is 2. The number of rotatable bonds is 6. The zero-order chi connectivity index (χ0) is 15.3. The monoisotopic (exact) mass is 286 g/mol. The minimum Gasteiger partial charge on any atom is -0.481 e. The van der Waals surface area contributed by atoms with Crippen LogP contribution in [0, 0.1) is 5.92 Å². The van der Waals surface area contributed by atoms with Gasteiger partial charge in [0.25, 0.3) is 0 Å². The molecule has 0 aromatic carbocycles. The molecule has 2 atom stereocenters. The number of amides is 1. The molecule has 20 heavy (non-hydrogen) atoms. The highest BCUT2D eigenvalue weighted by atomic mass is 16.4. The topological polar surface area (TPSA) is 159 Å². The lowest BCUT2D eigenvalue weighted by Gasteiger charge is -2.14. The SMILES string of the molecule is NC(=NCCCC(N)C(=O)O)N1CC(C(=O)O)CC1=O. The first-order valence-electron chi connectivity index (χ1n) is 6.14. The molecule has 9 nitrogen and oxygen atoms in total. The van der Waals surface area contributed by atoms with Crippen LogP contribution in [0.25, 0.3) is 0 Å². The summed E-state index contributed by atoms with van der Waals surface area (Å²) in [5.74, 6) is -3.30. The molecule has 0 aromatic heterocycles. The summed E-state index contributed by atoms with van der Waals surface area (Å²) in [6, 6.07) is -0.948. The second kappa shape index (κ2) is 6.85. The van der Waals surface area contributed by atoms with Crippen LogP contribution in [-0.2, 0) is 14.4 Å². The summed E-state index contributed by atoms with van der Waals surface area (Å²) >= 11 is 0. The Morgan fingerprint density at radius 1 is 1.45 bits per heavy atom. The van der Waals surface area contributed by atoms with Crippen LogP contribution in [0.5, 0.6) is 0 Å². The second-order valence-corrected chi connectivity index (χ2v) is 4.57. The van der Waals surface area contributed by atoms with Crippen LogP contribution >= 0.6 is 0 Å². The Hall–Kier alpha value is -2.16. The number of nitrogens with two attached hydrogens (primary N) is 2. The minimum atomic E-state index is -1.08. The Balaban J connectivity index is 2.43. The summed E-state index contributed by atoms with van der Waals surface area (Å²) in [7, 11) is 0. The van der Waals surface area contributed by atoms with E-state index in [1.807, 2.05) is 0 Å². The number of likely N-dealkylation sites (tertiary alicyclic amines) is 1. The third kappa shape index (κ3) is 4.19. The molecule has 1 aliphatic heterocycles. The van der Waals surface area contributed by atoms with Crippen molar-refractivity contribution in [2.75, 3.05) is 13.1 Å². The molecule has 0 aromatic rings. The highest BCUT2D eigenvalue weighted by Crippen LogP contribution is 2.17. The van der Waals surface area contributed by atoms with E-state index in [0.29, 0.717) is 6.42 Å². The predicted molar refractivity (Wildman–Crippen MR) is 68.8 cm³/mol. The first kappa shape index (κ1) is 15.9. The van der Waals surface area contributed by atoms with Crippen LogP contribution in [0.4, 0.5) is 0 Å². The first-order valence-corrected chi connectivity index (χ1v) is 6.14. The van der Waals surface area contributed by atoms with Gasteiger partial charge in [0.1, 0.15) is 6.04 Å². The van der Waals surface area contributed by atoms with Gasteiger partial charge in [-0.2, -0.15) is 0 Å². The molecule has 0 aliphatic carbocycles. The van der Waals surface area contributed by atoms with Crippen molar-refractivity contribution in [3.63, 3.8) is 0 Å². The number of hydrogen-bond acceptors (Lipinski definition) is 5. The molecule has 1 amide bonds. The van der Waals surface area contributed by atoms with E-state index in [4.69, 9.17) is 21.7 Å². The molecular formula is C11H18N4O5. The number of carboxylic acids is 2. The molecule has 1 fully saturated rings. The summed E-state index contributed by atoms with van der Waals surface area (Å²) in [5, 5.41) is 17.4. The van der Waals surface area contributed by atoms with Gasteiger partial charge in [-0.15, -0.1) is 0 Å². The van der Waals surface area contributed by atoms with Crippen molar-refractivity contribution in [3.8, 4) is 0 Å². The molecule has 112 valence electrons. The molecule has 0 saturated carbocycles. The average Bonchev–Trinajstić information content (AvgIpc) is 2.76. The van der Waals surface area contributed by atoms with E-state index < -0.39 is 23.9 Å². The van der Waals surface area contributed by atoms with E-state index in [2.05, 4.69) is 4.99 Å². The highest BCUT2D eigenvalue weighted by molar-refractivity contribution is 6.00. The lowest BCUT2D eigenvalue weighted by Crippen LogP contribution is -2.39. The molecule has 0 spiro atoms. The standard InChI is InChI=1S/C11H18N4O5/c12-7(10(19)20)2-1-3-14-11(13)15-5-6(9(17)18)4-8(15)16/h6-7H,1-5,12H2,(H2,13,14)(H,17,18)(H,19,20). The van der Waals surface area contributed by atoms with Gasteiger partial charge in [0.15, 0.2) is 5.96 Å². The smallest absolute Gasteiger partial charge is 0.320 e. The maximum atomic E-state index is 11.6. The summed E-state index contributed by atoms with van der Waals surface area (Å²) in [4.78, 5) is 37.9. The van der Waals surface area contributed by atoms with Crippen molar-refractivity contribution in [3.05, 3.63) is 0 Å².